The van der Waals surface area contributed by atoms with Gasteiger partial charge in [0.05, 0.1) is 6.21 Å². The number of aromatic nitrogens is 1. The lowest BCUT2D eigenvalue weighted by atomic mass is 10.1. The van der Waals surface area contributed by atoms with Gasteiger partial charge in [0, 0.05) is 45.1 Å². The summed E-state index contributed by atoms with van der Waals surface area (Å²) in [6.45, 7) is 9.46. The first-order valence-corrected chi connectivity index (χ1v) is 8.18. The highest BCUT2D eigenvalue weighted by molar-refractivity contribution is 5.78. The van der Waals surface area contributed by atoms with E-state index in [-0.39, 0.29) is 0 Å². The van der Waals surface area contributed by atoms with E-state index in [1.54, 1.807) is 12.4 Å². The molecular formula is C19H24N4. The SMILES string of the molecule is Cc1ccc(CN2CCN(N=Cc3ccncc3)CC2)c(C)c1. The lowest BCUT2D eigenvalue weighted by Gasteiger charge is -2.33. The summed E-state index contributed by atoms with van der Waals surface area (Å²) in [5.74, 6) is 0. The van der Waals surface area contributed by atoms with Gasteiger partial charge in [-0.2, -0.15) is 5.10 Å². The van der Waals surface area contributed by atoms with Crippen LogP contribution in [0.15, 0.2) is 47.8 Å². The third kappa shape index (κ3) is 4.39. The molecule has 1 aromatic carbocycles. The minimum Gasteiger partial charge on any atom is -0.295 e. The molecular weight excluding hydrogens is 284 g/mol. The summed E-state index contributed by atoms with van der Waals surface area (Å²) in [6.07, 6.45) is 5.51. The topological polar surface area (TPSA) is 31.7 Å². The molecule has 2 aromatic rings. The highest BCUT2D eigenvalue weighted by Gasteiger charge is 2.16. The summed E-state index contributed by atoms with van der Waals surface area (Å²) >= 11 is 0. The van der Waals surface area contributed by atoms with Gasteiger partial charge < -0.3 is 0 Å². The molecule has 2 heterocycles. The fourth-order valence-electron chi connectivity index (χ4n) is 2.87. The molecule has 1 fully saturated rings. The van der Waals surface area contributed by atoms with Gasteiger partial charge in [-0.1, -0.05) is 23.8 Å². The first-order chi connectivity index (χ1) is 11.2. The lowest BCUT2D eigenvalue weighted by molar-refractivity contribution is 0.131. The van der Waals surface area contributed by atoms with E-state index < -0.39 is 0 Å². The van der Waals surface area contributed by atoms with E-state index in [4.69, 9.17) is 0 Å². The van der Waals surface area contributed by atoms with Gasteiger partial charge in [0.1, 0.15) is 0 Å². The van der Waals surface area contributed by atoms with Crippen molar-refractivity contribution in [2.75, 3.05) is 26.2 Å². The summed E-state index contributed by atoms with van der Waals surface area (Å²) in [6, 6.07) is 10.7. The van der Waals surface area contributed by atoms with Crippen molar-refractivity contribution < 1.29 is 0 Å². The molecule has 0 radical (unpaired) electrons. The molecule has 120 valence electrons. The van der Waals surface area contributed by atoms with Crippen LogP contribution in [-0.2, 0) is 6.54 Å². The van der Waals surface area contributed by atoms with Crippen LogP contribution >= 0.6 is 0 Å². The maximum absolute atomic E-state index is 4.58. The molecule has 0 saturated carbocycles. The zero-order valence-electron chi connectivity index (χ0n) is 13.9. The Labute approximate surface area is 138 Å². The fourth-order valence-corrected chi connectivity index (χ4v) is 2.87. The standard InChI is InChI=1S/C19H24N4/c1-16-3-4-19(17(2)13-16)15-22-9-11-23(12-10-22)21-14-18-5-7-20-8-6-18/h3-8,13-14H,9-12,15H2,1-2H3. The van der Waals surface area contributed by atoms with Crippen molar-refractivity contribution in [1.82, 2.24) is 14.9 Å². The maximum atomic E-state index is 4.58. The van der Waals surface area contributed by atoms with Crippen LogP contribution in [0.3, 0.4) is 0 Å². The number of aryl methyl sites for hydroxylation is 2. The van der Waals surface area contributed by atoms with Crippen LogP contribution in [0.5, 0.6) is 0 Å². The van der Waals surface area contributed by atoms with Gasteiger partial charge in [0.25, 0.3) is 0 Å². The zero-order chi connectivity index (χ0) is 16.1. The molecule has 0 N–H and O–H groups in total. The number of nitrogens with zero attached hydrogens (tertiary/aromatic N) is 4. The fraction of sp³-hybridized carbons (Fsp3) is 0.368. The first-order valence-electron chi connectivity index (χ1n) is 8.18. The molecule has 0 bridgehead atoms. The van der Waals surface area contributed by atoms with Crippen LogP contribution in [0.25, 0.3) is 0 Å². The van der Waals surface area contributed by atoms with Crippen molar-refractivity contribution in [2.24, 2.45) is 5.10 Å². The van der Waals surface area contributed by atoms with Crippen molar-refractivity contribution in [2.45, 2.75) is 20.4 Å². The van der Waals surface area contributed by atoms with Gasteiger partial charge in [-0.15, -0.1) is 0 Å². The monoisotopic (exact) mass is 308 g/mol. The number of rotatable bonds is 4. The van der Waals surface area contributed by atoms with Gasteiger partial charge >= 0.3 is 0 Å². The van der Waals surface area contributed by atoms with Crippen LogP contribution in [-0.4, -0.2) is 47.3 Å². The van der Waals surface area contributed by atoms with E-state index in [1.165, 1.54) is 16.7 Å². The Morgan fingerprint density at radius 3 is 2.48 bits per heavy atom. The summed E-state index contributed by atoms with van der Waals surface area (Å²) in [7, 11) is 0. The Kier molecular flexibility index (Phi) is 5.03. The Hall–Kier alpha value is -2.20. The Bertz CT molecular complexity index is 658. The molecule has 1 aromatic heterocycles. The smallest absolute Gasteiger partial charge is 0.0544 e. The lowest BCUT2D eigenvalue weighted by Crippen LogP contribution is -2.43. The third-order valence-corrected chi connectivity index (χ3v) is 4.32. The van der Waals surface area contributed by atoms with E-state index in [2.05, 4.69) is 52.0 Å². The molecule has 4 nitrogen and oxygen atoms in total. The summed E-state index contributed by atoms with van der Waals surface area (Å²) in [5, 5.41) is 6.73. The largest absolute Gasteiger partial charge is 0.295 e. The predicted octanol–water partition coefficient (Wildman–Crippen LogP) is 2.85. The number of hydrogen-bond donors (Lipinski definition) is 0. The minimum absolute atomic E-state index is 0.979. The molecule has 0 atom stereocenters. The van der Waals surface area contributed by atoms with Crippen molar-refractivity contribution in [3.8, 4) is 0 Å². The number of hydrogen-bond acceptors (Lipinski definition) is 4. The molecule has 4 heteroatoms. The molecule has 0 spiro atoms. The van der Waals surface area contributed by atoms with Crippen molar-refractivity contribution in [3.05, 3.63) is 65.0 Å². The normalized spacial score (nSPS) is 16.2. The molecule has 1 aliphatic heterocycles. The molecule has 1 aliphatic rings. The zero-order valence-corrected chi connectivity index (χ0v) is 13.9. The number of benzene rings is 1. The van der Waals surface area contributed by atoms with Gasteiger partial charge in [0.15, 0.2) is 0 Å². The van der Waals surface area contributed by atoms with Crippen molar-refractivity contribution in [3.63, 3.8) is 0 Å². The number of piperazine rings is 1. The Balaban J connectivity index is 1.51. The molecule has 1 saturated heterocycles. The second-order valence-electron chi connectivity index (χ2n) is 6.18. The van der Waals surface area contributed by atoms with E-state index in [0.717, 1.165) is 38.3 Å². The maximum Gasteiger partial charge on any atom is 0.0544 e. The summed E-state index contributed by atoms with van der Waals surface area (Å²) in [4.78, 5) is 6.53. The van der Waals surface area contributed by atoms with E-state index in [1.807, 2.05) is 18.3 Å². The molecule has 3 rings (SSSR count). The molecule has 0 amide bonds. The second-order valence-corrected chi connectivity index (χ2v) is 6.18. The van der Waals surface area contributed by atoms with Gasteiger partial charge in [-0.3, -0.25) is 14.9 Å². The van der Waals surface area contributed by atoms with Crippen LogP contribution in [0.1, 0.15) is 22.3 Å². The van der Waals surface area contributed by atoms with Crippen LogP contribution in [0, 0.1) is 13.8 Å². The highest BCUT2D eigenvalue weighted by Crippen LogP contribution is 2.14. The summed E-state index contributed by atoms with van der Waals surface area (Å²) < 4.78 is 0. The molecule has 0 unspecified atom stereocenters. The van der Waals surface area contributed by atoms with E-state index in [0.29, 0.717) is 0 Å². The van der Waals surface area contributed by atoms with Crippen LogP contribution in [0.4, 0.5) is 0 Å². The van der Waals surface area contributed by atoms with Gasteiger partial charge in [-0.25, -0.2) is 0 Å². The average Bonchev–Trinajstić information content (AvgIpc) is 2.58. The van der Waals surface area contributed by atoms with E-state index in [9.17, 15) is 0 Å². The quantitative estimate of drug-likeness (QED) is 0.814. The molecule has 0 aliphatic carbocycles. The van der Waals surface area contributed by atoms with E-state index >= 15 is 0 Å². The Morgan fingerprint density at radius 1 is 1.04 bits per heavy atom. The van der Waals surface area contributed by atoms with Gasteiger partial charge in [-0.05, 0) is 42.7 Å². The van der Waals surface area contributed by atoms with Crippen molar-refractivity contribution in [1.29, 1.82) is 0 Å². The summed E-state index contributed by atoms with van der Waals surface area (Å²) in [5.41, 5.74) is 5.26. The highest BCUT2D eigenvalue weighted by atomic mass is 15.5. The number of pyridine rings is 1. The van der Waals surface area contributed by atoms with Crippen LogP contribution in [0.2, 0.25) is 0 Å². The van der Waals surface area contributed by atoms with Gasteiger partial charge in [0.2, 0.25) is 0 Å². The third-order valence-electron chi connectivity index (χ3n) is 4.32. The van der Waals surface area contributed by atoms with Crippen molar-refractivity contribution >= 4 is 6.21 Å². The predicted molar refractivity (Wildman–Crippen MR) is 94.6 cm³/mol. The minimum atomic E-state index is 0.979. The molecule has 23 heavy (non-hydrogen) atoms. The number of hydrazone groups is 1. The first kappa shape index (κ1) is 15.7. The Morgan fingerprint density at radius 2 is 1.78 bits per heavy atom. The second kappa shape index (κ2) is 7.38. The van der Waals surface area contributed by atoms with Crippen LogP contribution < -0.4 is 0 Å². The average molecular weight is 308 g/mol.